The van der Waals surface area contributed by atoms with E-state index in [9.17, 15) is 4.39 Å². The number of benzene rings is 2. The Morgan fingerprint density at radius 2 is 2.11 bits per heavy atom. The highest BCUT2D eigenvalue weighted by Crippen LogP contribution is 2.39. The lowest BCUT2D eigenvalue weighted by Gasteiger charge is -2.16. The molecule has 1 atom stereocenters. The van der Waals surface area contributed by atoms with Crippen molar-refractivity contribution in [1.82, 2.24) is 0 Å². The van der Waals surface area contributed by atoms with E-state index in [-0.39, 0.29) is 11.9 Å². The number of para-hydroxylation sites is 1. The minimum atomic E-state index is -0.188. The summed E-state index contributed by atoms with van der Waals surface area (Å²) >= 11 is 0. The molecule has 0 aliphatic carbocycles. The van der Waals surface area contributed by atoms with Crippen molar-refractivity contribution in [3.63, 3.8) is 0 Å². The first-order valence-electron chi connectivity index (χ1n) is 6.37. The van der Waals surface area contributed by atoms with Gasteiger partial charge >= 0.3 is 0 Å². The second-order valence-corrected chi connectivity index (χ2v) is 4.92. The monoisotopic (exact) mass is 257 g/mol. The van der Waals surface area contributed by atoms with Crippen molar-refractivity contribution in [3.05, 3.63) is 58.9 Å². The minimum Gasteiger partial charge on any atom is -0.496 e. The Labute approximate surface area is 112 Å². The molecule has 0 fully saturated rings. The molecule has 1 aliphatic rings. The molecule has 3 rings (SSSR count). The molecular weight excluding hydrogens is 241 g/mol. The van der Waals surface area contributed by atoms with Crippen LogP contribution >= 0.6 is 0 Å². The van der Waals surface area contributed by atoms with Crippen LogP contribution in [0.15, 0.2) is 36.4 Å². The Morgan fingerprint density at radius 3 is 2.84 bits per heavy atom. The summed E-state index contributed by atoms with van der Waals surface area (Å²) in [5.41, 5.74) is 3.90. The van der Waals surface area contributed by atoms with E-state index in [2.05, 4.69) is 11.4 Å². The van der Waals surface area contributed by atoms with Crippen LogP contribution in [0.2, 0.25) is 0 Å². The lowest BCUT2D eigenvalue weighted by Crippen LogP contribution is -2.08. The molecule has 2 nitrogen and oxygen atoms in total. The van der Waals surface area contributed by atoms with Crippen molar-refractivity contribution in [1.29, 1.82) is 0 Å². The van der Waals surface area contributed by atoms with Crippen LogP contribution < -0.4 is 10.1 Å². The molecular formula is C16H16FNO. The molecule has 0 amide bonds. The highest BCUT2D eigenvalue weighted by molar-refractivity contribution is 5.60. The van der Waals surface area contributed by atoms with Gasteiger partial charge in [-0.05, 0) is 31.0 Å². The molecule has 19 heavy (non-hydrogen) atoms. The molecule has 1 aliphatic heterocycles. The second-order valence-electron chi connectivity index (χ2n) is 4.92. The van der Waals surface area contributed by atoms with Gasteiger partial charge in [0.25, 0.3) is 0 Å². The molecule has 0 saturated carbocycles. The van der Waals surface area contributed by atoms with Gasteiger partial charge in [-0.15, -0.1) is 0 Å². The Bertz CT molecular complexity index is 624. The van der Waals surface area contributed by atoms with E-state index >= 15 is 0 Å². The lowest BCUT2D eigenvalue weighted by molar-refractivity contribution is 0.407. The maximum atomic E-state index is 13.7. The number of fused-ring (bicyclic) bond motifs is 1. The van der Waals surface area contributed by atoms with Crippen LogP contribution in [0.5, 0.6) is 5.75 Å². The zero-order chi connectivity index (χ0) is 13.4. The van der Waals surface area contributed by atoms with Crippen molar-refractivity contribution in [2.75, 3.05) is 12.4 Å². The third kappa shape index (κ3) is 2.05. The number of nitrogens with one attached hydrogen (secondary N) is 1. The van der Waals surface area contributed by atoms with Crippen LogP contribution in [-0.2, 0) is 6.42 Å². The second kappa shape index (κ2) is 4.57. The molecule has 3 heteroatoms. The molecule has 0 aromatic heterocycles. The number of halogens is 1. The summed E-state index contributed by atoms with van der Waals surface area (Å²) in [6.45, 7) is 2.05. The van der Waals surface area contributed by atoms with Crippen molar-refractivity contribution in [2.45, 2.75) is 19.4 Å². The van der Waals surface area contributed by atoms with Gasteiger partial charge in [0.15, 0.2) is 0 Å². The first-order chi connectivity index (χ1) is 9.19. The summed E-state index contributed by atoms with van der Waals surface area (Å²) < 4.78 is 19.2. The zero-order valence-electron chi connectivity index (χ0n) is 11.0. The first kappa shape index (κ1) is 12.0. The Hall–Kier alpha value is -2.03. The summed E-state index contributed by atoms with van der Waals surface area (Å²) in [5.74, 6) is 0.655. The smallest absolute Gasteiger partial charge is 0.146 e. The van der Waals surface area contributed by atoms with Gasteiger partial charge in [0.1, 0.15) is 11.6 Å². The average Bonchev–Trinajstić information content (AvgIpc) is 2.84. The van der Waals surface area contributed by atoms with Crippen molar-refractivity contribution in [2.24, 2.45) is 0 Å². The van der Waals surface area contributed by atoms with Gasteiger partial charge in [0, 0.05) is 5.56 Å². The first-order valence-corrected chi connectivity index (χ1v) is 6.37. The van der Waals surface area contributed by atoms with Crippen LogP contribution in [0.4, 0.5) is 10.1 Å². The molecule has 0 bridgehead atoms. The van der Waals surface area contributed by atoms with Gasteiger partial charge in [-0.25, -0.2) is 4.39 Å². The van der Waals surface area contributed by atoms with Gasteiger partial charge in [-0.3, -0.25) is 0 Å². The van der Waals surface area contributed by atoms with Gasteiger partial charge in [0.05, 0.1) is 18.8 Å². The number of aryl methyl sites for hydroxylation is 1. The molecule has 1 N–H and O–H groups in total. The van der Waals surface area contributed by atoms with E-state index < -0.39 is 0 Å². The van der Waals surface area contributed by atoms with Crippen LogP contribution in [-0.4, -0.2) is 7.11 Å². The maximum Gasteiger partial charge on any atom is 0.146 e. The molecule has 1 heterocycles. The molecule has 0 saturated heterocycles. The summed E-state index contributed by atoms with van der Waals surface area (Å²) in [5, 5.41) is 3.27. The topological polar surface area (TPSA) is 21.3 Å². The molecule has 2 aromatic carbocycles. The van der Waals surface area contributed by atoms with Crippen molar-refractivity contribution >= 4 is 5.69 Å². The SMILES string of the molecule is COc1ccc(C)cc1C1Cc2cccc(F)c2N1. The summed E-state index contributed by atoms with van der Waals surface area (Å²) in [6.07, 6.45) is 0.785. The van der Waals surface area contributed by atoms with E-state index in [1.165, 1.54) is 11.6 Å². The fourth-order valence-corrected chi connectivity index (χ4v) is 2.66. The van der Waals surface area contributed by atoms with E-state index in [0.717, 1.165) is 23.3 Å². The standard InChI is InChI=1S/C16H16FNO/c1-10-6-7-15(19-2)12(8-10)14-9-11-4-3-5-13(17)16(11)18-14/h3-8,14,18H,9H2,1-2H3. The summed E-state index contributed by atoms with van der Waals surface area (Å²) in [6, 6.07) is 11.4. The number of anilines is 1. The average molecular weight is 257 g/mol. The van der Waals surface area contributed by atoms with E-state index in [1.807, 2.05) is 25.1 Å². The molecule has 0 spiro atoms. The molecule has 98 valence electrons. The quantitative estimate of drug-likeness (QED) is 0.882. The maximum absolute atomic E-state index is 13.7. The fourth-order valence-electron chi connectivity index (χ4n) is 2.66. The van der Waals surface area contributed by atoms with E-state index in [1.54, 1.807) is 13.2 Å². The number of rotatable bonds is 2. The van der Waals surface area contributed by atoms with Gasteiger partial charge in [-0.1, -0.05) is 29.8 Å². The number of hydrogen-bond acceptors (Lipinski definition) is 2. The van der Waals surface area contributed by atoms with E-state index in [0.29, 0.717) is 5.69 Å². The zero-order valence-corrected chi connectivity index (χ0v) is 11.0. The van der Waals surface area contributed by atoms with Crippen molar-refractivity contribution < 1.29 is 9.13 Å². The van der Waals surface area contributed by atoms with Crippen LogP contribution in [0.25, 0.3) is 0 Å². The van der Waals surface area contributed by atoms with Crippen LogP contribution in [0.3, 0.4) is 0 Å². The fraction of sp³-hybridized carbons (Fsp3) is 0.250. The predicted octanol–water partition coefficient (Wildman–Crippen LogP) is 3.85. The highest BCUT2D eigenvalue weighted by atomic mass is 19.1. The minimum absolute atomic E-state index is 0.0711. The van der Waals surface area contributed by atoms with Crippen LogP contribution in [0.1, 0.15) is 22.7 Å². The Balaban J connectivity index is 1.99. The lowest BCUT2D eigenvalue weighted by atomic mass is 10.00. The third-order valence-corrected chi connectivity index (χ3v) is 3.60. The van der Waals surface area contributed by atoms with Gasteiger partial charge in [-0.2, -0.15) is 0 Å². The Morgan fingerprint density at radius 1 is 1.26 bits per heavy atom. The third-order valence-electron chi connectivity index (χ3n) is 3.60. The molecule has 2 aromatic rings. The summed E-state index contributed by atoms with van der Waals surface area (Å²) in [7, 11) is 1.66. The number of ether oxygens (including phenoxy) is 1. The predicted molar refractivity (Wildman–Crippen MR) is 74.2 cm³/mol. The summed E-state index contributed by atoms with van der Waals surface area (Å²) in [4.78, 5) is 0. The highest BCUT2D eigenvalue weighted by Gasteiger charge is 2.26. The van der Waals surface area contributed by atoms with E-state index in [4.69, 9.17) is 4.74 Å². The van der Waals surface area contributed by atoms with Gasteiger partial charge in [0.2, 0.25) is 0 Å². The van der Waals surface area contributed by atoms with Crippen molar-refractivity contribution in [3.8, 4) is 5.75 Å². The molecule has 1 unspecified atom stereocenters. The number of methoxy groups -OCH3 is 1. The Kier molecular flexibility index (Phi) is 2.90. The normalized spacial score (nSPS) is 16.9. The largest absolute Gasteiger partial charge is 0.496 e. The molecule has 0 radical (unpaired) electrons. The van der Waals surface area contributed by atoms with Crippen LogP contribution in [0, 0.1) is 12.7 Å². The van der Waals surface area contributed by atoms with Gasteiger partial charge < -0.3 is 10.1 Å². The number of hydrogen-bond donors (Lipinski definition) is 1.